The van der Waals surface area contributed by atoms with Gasteiger partial charge in [0.25, 0.3) is 5.91 Å². The predicted molar refractivity (Wildman–Crippen MR) is 75.1 cm³/mol. The minimum absolute atomic E-state index is 0.0785. The molecular formula is C14H14N6O2. The van der Waals surface area contributed by atoms with E-state index in [1.807, 2.05) is 0 Å². The number of carbonyl (C=O) groups is 2. The van der Waals surface area contributed by atoms with Gasteiger partial charge in [0.1, 0.15) is 24.2 Å². The second kappa shape index (κ2) is 4.90. The fourth-order valence-corrected chi connectivity index (χ4v) is 3.08. The van der Waals surface area contributed by atoms with Crippen LogP contribution in [0.1, 0.15) is 16.9 Å². The molecule has 0 radical (unpaired) electrons. The maximum Gasteiger partial charge on any atom is 0.272 e. The summed E-state index contributed by atoms with van der Waals surface area (Å²) in [7, 11) is 0. The van der Waals surface area contributed by atoms with E-state index in [1.165, 1.54) is 12.7 Å². The molecule has 2 aliphatic rings. The van der Waals surface area contributed by atoms with Crippen LogP contribution in [0.2, 0.25) is 0 Å². The van der Waals surface area contributed by atoms with E-state index in [0.717, 1.165) is 0 Å². The standard InChI is InChI=1S/C14H14N6O2/c21-13-4-9-5-19(6-11(9)18-13)14(22)10-2-1-3-12(17-10)20-7-15-16-8-20/h1-3,7-9,11H,4-6H2,(H,18,21)/t9-,11+/m0/s1. The first-order chi connectivity index (χ1) is 10.7. The molecule has 8 nitrogen and oxygen atoms in total. The maximum atomic E-state index is 12.6. The van der Waals surface area contributed by atoms with Crippen LogP contribution in [0.15, 0.2) is 30.9 Å². The Labute approximate surface area is 126 Å². The van der Waals surface area contributed by atoms with Crippen molar-refractivity contribution in [2.45, 2.75) is 12.5 Å². The molecule has 2 fully saturated rings. The summed E-state index contributed by atoms with van der Waals surface area (Å²) in [5.74, 6) is 0.787. The Morgan fingerprint density at radius 3 is 2.82 bits per heavy atom. The van der Waals surface area contributed by atoms with Gasteiger partial charge in [-0.3, -0.25) is 14.2 Å². The molecule has 1 N–H and O–H groups in total. The molecule has 2 saturated heterocycles. The third-order valence-electron chi connectivity index (χ3n) is 4.16. The summed E-state index contributed by atoms with van der Waals surface area (Å²) in [4.78, 5) is 30.1. The van der Waals surface area contributed by atoms with E-state index in [2.05, 4.69) is 20.5 Å². The minimum Gasteiger partial charge on any atom is -0.351 e. The number of aromatic nitrogens is 4. The minimum atomic E-state index is -0.112. The number of likely N-dealkylation sites (tertiary alicyclic amines) is 1. The van der Waals surface area contributed by atoms with Crippen LogP contribution in [0.25, 0.3) is 5.82 Å². The number of pyridine rings is 1. The van der Waals surface area contributed by atoms with Crippen molar-refractivity contribution in [3.63, 3.8) is 0 Å². The molecule has 112 valence electrons. The second-order valence-corrected chi connectivity index (χ2v) is 5.60. The highest BCUT2D eigenvalue weighted by atomic mass is 16.2. The lowest BCUT2D eigenvalue weighted by Crippen LogP contribution is -2.35. The van der Waals surface area contributed by atoms with Crippen LogP contribution in [-0.4, -0.2) is 55.6 Å². The van der Waals surface area contributed by atoms with Crippen LogP contribution in [0.5, 0.6) is 0 Å². The lowest BCUT2D eigenvalue weighted by molar-refractivity contribution is -0.119. The van der Waals surface area contributed by atoms with Crippen LogP contribution in [0.4, 0.5) is 0 Å². The maximum absolute atomic E-state index is 12.6. The average molecular weight is 298 g/mol. The molecule has 2 aromatic rings. The zero-order chi connectivity index (χ0) is 15.1. The molecule has 2 aliphatic heterocycles. The fraction of sp³-hybridized carbons (Fsp3) is 0.357. The molecule has 2 aromatic heterocycles. The lowest BCUT2D eigenvalue weighted by atomic mass is 10.1. The van der Waals surface area contributed by atoms with Gasteiger partial charge in [-0.05, 0) is 12.1 Å². The normalized spacial score (nSPS) is 23.5. The van der Waals surface area contributed by atoms with Gasteiger partial charge in [0, 0.05) is 25.4 Å². The summed E-state index contributed by atoms with van der Waals surface area (Å²) < 4.78 is 1.65. The summed E-state index contributed by atoms with van der Waals surface area (Å²) in [5.41, 5.74) is 0.387. The zero-order valence-corrected chi connectivity index (χ0v) is 11.7. The largest absolute Gasteiger partial charge is 0.351 e. The van der Waals surface area contributed by atoms with Gasteiger partial charge < -0.3 is 10.2 Å². The number of nitrogens with one attached hydrogen (secondary N) is 1. The molecule has 2 amide bonds. The Kier molecular flexibility index (Phi) is 2.88. The molecule has 0 bridgehead atoms. The topological polar surface area (TPSA) is 93.0 Å². The predicted octanol–water partition coefficient (Wildman–Crippen LogP) is -0.377. The van der Waals surface area contributed by atoms with Gasteiger partial charge >= 0.3 is 0 Å². The monoisotopic (exact) mass is 298 g/mol. The van der Waals surface area contributed by atoms with Crippen LogP contribution in [-0.2, 0) is 4.79 Å². The van der Waals surface area contributed by atoms with Crippen LogP contribution < -0.4 is 5.32 Å². The van der Waals surface area contributed by atoms with Crippen molar-refractivity contribution < 1.29 is 9.59 Å². The SMILES string of the molecule is O=C1C[C@H]2CN(C(=O)c3cccc(-n4cnnc4)n3)C[C@H]2N1. The summed E-state index contributed by atoms with van der Waals surface area (Å²) in [6.45, 7) is 1.15. The molecule has 8 heteroatoms. The van der Waals surface area contributed by atoms with E-state index in [0.29, 0.717) is 31.0 Å². The van der Waals surface area contributed by atoms with Crippen molar-refractivity contribution in [1.29, 1.82) is 0 Å². The Morgan fingerprint density at radius 1 is 1.23 bits per heavy atom. The van der Waals surface area contributed by atoms with E-state index in [4.69, 9.17) is 0 Å². The first kappa shape index (κ1) is 12.9. The first-order valence-corrected chi connectivity index (χ1v) is 7.11. The van der Waals surface area contributed by atoms with Crippen molar-refractivity contribution in [2.75, 3.05) is 13.1 Å². The van der Waals surface area contributed by atoms with Crippen molar-refractivity contribution >= 4 is 11.8 Å². The quantitative estimate of drug-likeness (QED) is 0.816. The van der Waals surface area contributed by atoms with Gasteiger partial charge in [-0.15, -0.1) is 10.2 Å². The van der Waals surface area contributed by atoms with Gasteiger partial charge in [-0.2, -0.15) is 0 Å². The molecule has 0 saturated carbocycles. The highest BCUT2D eigenvalue weighted by Crippen LogP contribution is 2.26. The second-order valence-electron chi connectivity index (χ2n) is 5.60. The molecule has 4 rings (SSSR count). The molecule has 0 unspecified atom stereocenters. The van der Waals surface area contributed by atoms with E-state index in [1.54, 1.807) is 27.7 Å². The average Bonchev–Trinajstić information content (AvgIpc) is 3.22. The first-order valence-electron chi connectivity index (χ1n) is 7.11. The highest BCUT2D eigenvalue weighted by Gasteiger charge is 2.41. The Morgan fingerprint density at radius 2 is 2.05 bits per heavy atom. The molecule has 22 heavy (non-hydrogen) atoms. The molecule has 2 atom stereocenters. The van der Waals surface area contributed by atoms with Crippen LogP contribution in [0.3, 0.4) is 0 Å². The Hall–Kier alpha value is -2.77. The summed E-state index contributed by atoms with van der Waals surface area (Å²) in [6.07, 6.45) is 3.57. The third-order valence-corrected chi connectivity index (χ3v) is 4.16. The van der Waals surface area contributed by atoms with Crippen molar-refractivity contribution in [2.24, 2.45) is 5.92 Å². The van der Waals surface area contributed by atoms with E-state index >= 15 is 0 Å². The van der Waals surface area contributed by atoms with Gasteiger partial charge in [0.05, 0.1) is 6.04 Å². The van der Waals surface area contributed by atoms with Crippen molar-refractivity contribution in [1.82, 2.24) is 30.0 Å². The molecule has 0 aliphatic carbocycles. The number of nitrogens with zero attached hydrogens (tertiary/aromatic N) is 5. The summed E-state index contributed by atoms with van der Waals surface area (Å²) >= 11 is 0. The van der Waals surface area contributed by atoms with Gasteiger partial charge in [0.15, 0.2) is 0 Å². The third kappa shape index (κ3) is 2.12. The Balaban J connectivity index is 1.54. The zero-order valence-electron chi connectivity index (χ0n) is 11.7. The Bertz CT molecular complexity index is 713. The summed E-state index contributed by atoms with van der Waals surface area (Å²) in [5, 5.41) is 10.4. The van der Waals surface area contributed by atoms with Crippen molar-refractivity contribution in [3.8, 4) is 5.82 Å². The molecule has 4 heterocycles. The molecule has 0 spiro atoms. The van der Waals surface area contributed by atoms with Crippen LogP contribution >= 0.6 is 0 Å². The van der Waals surface area contributed by atoms with Crippen molar-refractivity contribution in [3.05, 3.63) is 36.5 Å². The van der Waals surface area contributed by atoms with E-state index < -0.39 is 0 Å². The van der Waals surface area contributed by atoms with E-state index in [-0.39, 0.29) is 23.8 Å². The highest BCUT2D eigenvalue weighted by molar-refractivity contribution is 5.93. The van der Waals surface area contributed by atoms with Gasteiger partial charge in [-0.25, -0.2) is 4.98 Å². The van der Waals surface area contributed by atoms with Gasteiger partial charge in [0.2, 0.25) is 5.91 Å². The number of carbonyl (C=O) groups excluding carboxylic acids is 2. The number of fused-ring (bicyclic) bond motifs is 1. The van der Waals surface area contributed by atoms with E-state index in [9.17, 15) is 9.59 Å². The lowest BCUT2D eigenvalue weighted by Gasteiger charge is -2.17. The number of amides is 2. The number of rotatable bonds is 2. The van der Waals surface area contributed by atoms with Crippen LogP contribution in [0, 0.1) is 5.92 Å². The fourth-order valence-electron chi connectivity index (χ4n) is 3.08. The van der Waals surface area contributed by atoms with Gasteiger partial charge in [-0.1, -0.05) is 6.07 Å². The smallest absolute Gasteiger partial charge is 0.272 e. The summed E-state index contributed by atoms with van der Waals surface area (Å²) in [6, 6.07) is 5.36. The number of hydrogen-bond acceptors (Lipinski definition) is 5. The molecule has 0 aromatic carbocycles. The molecular weight excluding hydrogens is 284 g/mol. The number of hydrogen-bond donors (Lipinski definition) is 1.